The van der Waals surface area contributed by atoms with Crippen LogP contribution in [0.25, 0.3) is 0 Å². The van der Waals surface area contributed by atoms with Gasteiger partial charge in [-0.3, -0.25) is 4.79 Å². The van der Waals surface area contributed by atoms with Crippen molar-refractivity contribution in [1.82, 2.24) is 9.62 Å². The van der Waals surface area contributed by atoms with Gasteiger partial charge in [0.15, 0.2) is 0 Å². The first-order chi connectivity index (χ1) is 13.8. The predicted octanol–water partition coefficient (Wildman–Crippen LogP) is 3.72. The molecule has 156 valence electrons. The standard InChI is InChI=1S/C20H22Cl2N2O4S/c1-28-17-4-6-18(7-5-17)29(26,27)24-10-8-14(9-11-24)20(25)23-13-15-2-3-16(21)12-19(15)22/h2-7,12,14H,8-11,13H2,1H3,(H,23,25). The number of ether oxygens (including phenoxy) is 1. The van der Waals surface area contributed by atoms with Crippen LogP contribution in [0, 0.1) is 5.92 Å². The molecule has 1 N–H and O–H groups in total. The number of rotatable bonds is 6. The Kier molecular flexibility index (Phi) is 7.05. The third kappa shape index (κ3) is 5.22. The lowest BCUT2D eigenvalue weighted by Gasteiger charge is -2.30. The summed E-state index contributed by atoms with van der Waals surface area (Å²) in [6.45, 7) is 0.904. The van der Waals surface area contributed by atoms with Gasteiger partial charge in [-0.15, -0.1) is 0 Å². The van der Waals surface area contributed by atoms with Crippen LogP contribution in [0.1, 0.15) is 18.4 Å². The molecule has 0 aromatic heterocycles. The van der Waals surface area contributed by atoms with E-state index in [2.05, 4.69) is 5.32 Å². The molecule has 6 nitrogen and oxygen atoms in total. The van der Waals surface area contributed by atoms with E-state index < -0.39 is 10.0 Å². The Labute approximate surface area is 180 Å². The summed E-state index contributed by atoms with van der Waals surface area (Å²) in [6.07, 6.45) is 0.936. The number of methoxy groups -OCH3 is 1. The summed E-state index contributed by atoms with van der Waals surface area (Å²) < 4.78 is 32.1. The number of sulfonamides is 1. The van der Waals surface area contributed by atoms with Crippen molar-refractivity contribution in [2.45, 2.75) is 24.3 Å². The van der Waals surface area contributed by atoms with Crippen LogP contribution in [0.5, 0.6) is 5.75 Å². The summed E-state index contributed by atoms with van der Waals surface area (Å²) >= 11 is 12.0. The van der Waals surface area contributed by atoms with E-state index in [1.54, 1.807) is 30.3 Å². The van der Waals surface area contributed by atoms with E-state index in [1.165, 1.54) is 23.5 Å². The maximum atomic E-state index is 12.8. The van der Waals surface area contributed by atoms with Crippen molar-refractivity contribution in [2.75, 3.05) is 20.2 Å². The highest BCUT2D eigenvalue weighted by molar-refractivity contribution is 7.89. The lowest BCUT2D eigenvalue weighted by Crippen LogP contribution is -2.42. The van der Waals surface area contributed by atoms with Crippen molar-refractivity contribution in [3.63, 3.8) is 0 Å². The number of nitrogens with one attached hydrogen (secondary N) is 1. The second-order valence-electron chi connectivity index (χ2n) is 6.81. The van der Waals surface area contributed by atoms with Crippen LogP contribution in [-0.4, -0.2) is 38.8 Å². The Morgan fingerprint density at radius 2 is 1.79 bits per heavy atom. The Bertz CT molecular complexity index is 972. The van der Waals surface area contributed by atoms with E-state index in [0.717, 1.165) is 5.56 Å². The van der Waals surface area contributed by atoms with Crippen molar-refractivity contribution in [1.29, 1.82) is 0 Å². The molecule has 1 saturated heterocycles. The molecule has 2 aromatic carbocycles. The molecule has 0 unspecified atom stereocenters. The number of benzene rings is 2. The molecule has 1 aliphatic heterocycles. The van der Waals surface area contributed by atoms with Crippen LogP contribution < -0.4 is 10.1 Å². The number of halogens is 2. The summed E-state index contributed by atoms with van der Waals surface area (Å²) in [5, 5.41) is 3.91. The van der Waals surface area contributed by atoms with Crippen LogP contribution in [0.4, 0.5) is 0 Å². The van der Waals surface area contributed by atoms with Crippen LogP contribution in [0.15, 0.2) is 47.4 Å². The van der Waals surface area contributed by atoms with Gasteiger partial charge in [-0.05, 0) is 54.8 Å². The van der Waals surface area contributed by atoms with Crippen molar-refractivity contribution in [3.8, 4) is 5.75 Å². The number of hydrogen-bond acceptors (Lipinski definition) is 4. The van der Waals surface area contributed by atoms with E-state index in [1.807, 2.05) is 0 Å². The molecule has 1 amide bonds. The van der Waals surface area contributed by atoms with E-state index in [9.17, 15) is 13.2 Å². The summed E-state index contributed by atoms with van der Waals surface area (Å²) in [6, 6.07) is 11.4. The molecule has 9 heteroatoms. The summed E-state index contributed by atoms with van der Waals surface area (Å²) in [5.74, 6) is 0.265. The van der Waals surface area contributed by atoms with Gasteiger partial charge in [0.25, 0.3) is 0 Å². The van der Waals surface area contributed by atoms with E-state index in [0.29, 0.717) is 48.3 Å². The predicted molar refractivity (Wildman–Crippen MR) is 113 cm³/mol. The number of carbonyl (C=O) groups excluding carboxylic acids is 1. The van der Waals surface area contributed by atoms with Gasteiger partial charge in [0, 0.05) is 35.6 Å². The van der Waals surface area contributed by atoms with Crippen molar-refractivity contribution < 1.29 is 17.9 Å². The maximum Gasteiger partial charge on any atom is 0.243 e. The van der Waals surface area contributed by atoms with Crippen LogP contribution in [0.2, 0.25) is 10.0 Å². The Morgan fingerprint density at radius 3 is 2.38 bits per heavy atom. The second-order valence-corrected chi connectivity index (χ2v) is 9.59. The number of piperidine rings is 1. The van der Waals surface area contributed by atoms with E-state index in [4.69, 9.17) is 27.9 Å². The molecule has 0 atom stereocenters. The molecule has 0 bridgehead atoms. The molecule has 1 heterocycles. The third-order valence-electron chi connectivity index (χ3n) is 4.99. The third-order valence-corrected chi connectivity index (χ3v) is 7.49. The fourth-order valence-corrected chi connectivity index (χ4v) is 5.19. The second kappa shape index (κ2) is 9.34. The molecular weight excluding hydrogens is 435 g/mol. The number of nitrogens with zero attached hydrogens (tertiary/aromatic N) is 1. The zero-order chi connectivity index (χ0) is 21.0. The Hall–Kier alpha value is -1.80. The number of amides is 1. The summed E-state index contributed by atoms with van der Waals surface area (Å²) in [5.41, 5.74) is 0.781. The van der Waals surface area contributed by atoms with Crippen molar-refractivity contribution in [3.05, 3.63) is 58.1 Å². The zero-order valence-electron chi connectivity index (χ0n) is 15.9. The summed E-state index contributed by atoms with van der Waals surface area (Å²) in [4.78, 5) is 12.7. The van der Waals surface area contributed by atoms with Gasteiger partial charge >= 0.3 is 0 Å². The first-order valence-electron chi connectivity index (χ1n) is 9.17. The smallest absolute Gasteiger partial charge is 0.243 e. The minimum atomic E-state index is -3.58. The highest BCUT2D eigenvalue weighted by atomic mass is 35.5. The van der Waals surface area contributed by atoms with Gasteiger partial charge in [0.2, 0.25) is 15.9 Å². The molecule has 29 heavy (non-hydrogen) atoms. The van der Waals surface area contributed by atoms with Crippen LogP contribution >= 0.6 is 23.2 Å². The SMILES string of the molecule is COc1ccc(S(=O)(=O)N2CCC(C(=O)NCc3ccc(Cl)cc3Cl)CC2)cc1. The first-order valence-corrected chi connectivity index (χ1v) is 11.4. The monoisotopic (exact) mass is 456 g/mol. The van der Waals surface area contributed by atoms with Gasteiger partial charge in [-0.2, -0.15) is 4.31 Å². The minimum Gasteiger partial charge on any atom is -0.497 e. The molecule has 0 saturated carbocycles. The van der Waals surface area contributed by atoms with Crippen LogP contribution in [0.3, 0.4) is 0 Å². The first kappa shape index (κ1) is 21.9. The average molecular weight is 457 g/mol. The molecular formula is C20H22Cl2N2O4S. The molecule has 2 aromatic rings. The fraction of sp³-hybridized carbons (Fsp3) is 0.350. The highest BCUT2D eigenvalue weighted by Crippen LogP contribution is 2.26. The van der Waals surface area contributed by atoms with E-state index in [-0.39, 0.29) is 16.7 Å². The van der Waals surface area contributed by atoms with Crippen molar-refractivity contribution >= 4 is 39.1 Å². The van der Waals surface area contributed by atoms with Gasteiger partial charge in [0.05, 0.1) is 12.0 Å². The highest BCUT2D eigenvalue weighted by Gasteiger charge is 2.32. The van der Waals surface area contributed by atoms with E-state index >= 15 is 0 Å². The molecule has 1 aliphatic rings. The lowest BCUT2D eigenvalue weighted by molar-refractivity contribution is -0.126. The average Bonchev–Trinajstić information content (AvgIpc) is 2.73. The quantitative estimate of drug-likeness (QED) is 0.718. The topological polar surface area (TPSA) is 75.7 Å². The van der Waals surface area contributed by atoms with Gasteiger partial charge in [-0.1, -0.05) is 29.3 Å². The lowest BCUT2D eigenvalue weighted by atomic mass is 9.97. The fourth-order valence-electron chi connectivity index (χ4n) is 3.25. The molecule has 0 spiro atoms. The number of hydrogen-bond donors (Lipinski definition) is 1. The van der Waals surface area contributed by atoms with Gasteiger partial charge in [0.1, 0.15) is 5.75 Å². The Balaban J connectivity index is 1.55. The summed E-state index contributed by atoms with van der Waals surface area (Å²) in [7, 11) is -2.06. The largest absolute Gasteiger partial charge is 0.497 e. The van der Waals surface area contributed by atoms with Gasteiger partial charge < -0.3 is 10.1 Å². The molecule has 0 aliphatic carbocycles. The normalized spacial score (nSPS) is 15.8. The van der Waals surface area contributed by atoms with Gasteiger partial charge in [-0.25, -0.2) is 8.42 Å². The molecule has 3 rings (SSSR count). The maximum absolute atomic E-state index is 12.8. The Morgan fingerprint density at radius 1 is 1.14 bits per heavy atom. The molecule has 1 fully saturated rings. The number of carbonyl (C=O) groups is 1. The minimum absolute atomic E-state index is 0.0995. The molecule has 0 radical (unpaired) electrons. The zero-order valence-corrected chi connectivity index (χ0v) is 18.2. The van der Waals surface area contributed by atoms with Crippen molar-refractivity contribution in [2.24, 2.45) is 5.92 Å². The van der Waals surface area contributed by atoms with Crippen LogP contribution in [-0.2, 0) is 21.4 Å².